The van der Waals surface area contributed by atoms with E-state index in [0.717, 1.165) is 11.6 Å². The van der Waals surface area contributed by atoms with Crippen LogP contribution in [-0.4, -0.2) is 41.9 Å². The summed E-state index contributed by atoms with van der Waals surface area (Å²) in [5.74, 6) is 1.06. The van der Waals surface area contributed by atoms with Crippen molar-refractivity contribution in [1.29, 1.82) is 0 Å². The zero-order valence-corrected chi connectivity index (χ0v) is 19.7. The third-order valence-corrected chi connectivity index (χ3v) is 6.58. The number of ketones is 1. The quantitative estimate of drug-likeness (QED) is 0.542. The topological polar surface area (TPSA) is 87.5 Å². The van der Waals surface area contributed by atoms with Gasteiger partial charge >= 0.3 is 6.18 Å². The Balaban J connectivity index is 1.61. The molecule has 0 unspecified atom stereocenters. The van der Waals surface area contributed by atoms with E-state index in [1.54, 1.807) is 12.1 Å². The van der Waals surface area contributed by atoms with E-state index in [4.69, 9.17) is 14.2 Å². The number of fused-ring (bicyclic) bond motifs is 1. The first kappa shape index (κ1) is 23.7. The normalized spacial score (nSPS) is 19.3. The van der Waals surface area contributed by atoms with Crippen LogP contribution < -0.4 is 19.5 Å². The Morgan fingerprint density at radius 2 is 1.72 bits per heavy atom. The fourth-order valence-corrected chi connectivity index (χ4v) is 5.01. The van der Waals surface area contributed by atoms with Gasteiger partial charge in [-0.15, -0.1) is 0 Å². The number of hydrogen-bond donors (Lipinski definition) is 1. The summed E-state index contributed by atoms with van der Waals surface area (Å²) >= 11 is 0. The zero-order valence-electron chi connectivity index (χ0n) is 19.7. The van der Waals surface area contributed by atoms with Crippen LogP contribution in [0.1, 0.15) is 41.5 Å². The first-order valence-corrected chi connectivity index (χ1v) is 11.2. The van der Waals surface area contributed by atoms with E-state index >= 15 is 0 Å². The lowest BCUT2D eigenvalue weighted by atomic mass is 9.77. The Kier molecular flexibility index (Phi) is 5.85. The number of aromatic nitrogens is 3. The van der Waals surface area contributed by atoms with Gasteiger partial charge in [-0.3, -0.25) is 4.79 Å². The molecule has 0 amide bonds. The number of nitrogens with zero attached hydrogens (tertiary/aromatic N) is 3. The van der Waals surface area contributed by atoms with E-state index in [9.17, 15) is 18.0 Å². The molecule has 2 atom stereocenters. The highest BCUT2D eigenvalue weighted by atomic mass is 19.4. The van der Waals surface area contributed by atoms with Crippen molar-refractivity contribution in [2.45, 2.75) is 31.0 Å². The van der Waals surface area contributed by atoms with Crippen molar-refractivity contribution in [3.63, 3.8) is 0 Å². The van der Waals surface area contributed by atoms with Gasteiger partial charge in [-0.1, -0.05) is 18.2 Å². The van der Waals surface area contributed by atoms with Crippen molar-refractivity contribution in [3.8, 4) is 17.2 Å². The number of carbonyl (C=O) groups excluding carboxylic acids is 1. The zero-order chi connectivity index (χ0) is 25.6. The number of carbonyl (C=O) groups is 1. The van der Waals surface area contributed by atoms with Gasteiger partial charge in [0.2, 0.25) is 11.7 Å². The summed E-state index contributed by atoms with van der Waals surface area (Å²) in [6, 6.07) is 7.77. The predicted molar refractivity (Wildman–Crippen MR) is 123 cm³/mol. The molecule has 188 valence electrons. The standard InChI is InChI=1S/C25H23F3N4O4/c1-34-19-10-14(11-20(35-2)23(19)36-3)13-8-17-21(18(33)9-13)22(32-24(31-17)29-12-30-32)15-6-4-5-7-16(15)25(26,27)28/h4-7,10-13,22H,8-9H2,1-3H3,(H,29,30,31)/t13-,22+/m1/s1. The molecule has 1 aliphatic heterocycles. The van der Waals surface area contributed by atoms with Crippen molar-refractivity contribution >= 4 is 11.7 Å². The predicted octanol–water partition coefficient (Wildman–Crippen LogP) is 4.74. The fourth-order valence-electron chi connectivity index (χ4n) is 5.01. The maximum atomic E-state index is 13.9. The van der Waals surface area contributed by atoms with Crippen LogP contribution in [0.2, 0.25) is 0 Å². The van der Waals surface area contributed by atoms with Crippen LogP contribution in [0.5, 0.6) is 17.2 Å². The molecule has 1 aliphatic carbocycles. The monoisotopic (exact) mass is 500 g/mol. The van der Waals surface area contributed by atoms with Crippen molar-refractivity contribution in [3.05, 3.63) is 70.7 Å². The number of ether oxygens (including phenoxy) is 3. The molecule has 1 aromatic heterocycles. The molecule has 0 fully saturated rings. The molecule has 0 saturated heterocycles. The second-order valence-corrected chi connectivity index (χ2v) is 8.52. The molecule has 2 aromatic carbocycles. The van der Waals surface area contributed by atoms with Crippen LogP contribution >= 0.6 is 0 Å². The third-order valence-electron chi connectivity index (χ3n) is 6.58. The minimum atomic E-state index is -4.60. The lowest BCUT2D eigenvalue weighted by Gasteiger charge is -2.36. The van der Waals surface area contributed by atoms with Gasteiger partial charge in [0.15, 0.2) is 17.3 Å². The molecular formula is C25H23F3N4O4. The van der Waals surface area contributed by atoms with Crippen LogP contribution in [0.3, 0.4) is 0 Å². The molecule has 8 nitrogen and oxygen atoms in total. The van der Waals surface area contributed by atoms with Gasteiger partial charge in [0, 0.05) is 17.7 Å². The van der Waals surface area contributed by atoms with Gasteiger partial charge in [0.1, 0.15) is 12.4 Å². The number of halogens is 3. The molecule has 3 aromatic rings. The van der Waals surface area contributed by atoms with Gasteiger partial charge < -0.3 is 19.5 Å². The van der Waals surface area contributed by atoms with Crippen molar-refractivity contribution in [2.75, 3.05) is 26.6 Å². The van der Waals surface area contributed by atoms with Gasteiger partial charge in [0.05, 0.1) is 26.9 Å². The van der Waals surface area contributed by atoms with Gasteiger partial charge in [-0.2, -0.15) is 23.3 Å². The van der Waals surface area contributed by atoms with Crippen LogP contribution in [0, 0.1) is 0 Å². The van der Waals surface area contributed by atoms with E-state index in [1.165, 1.54) is 50.5 Å². The lowest BCUT2D eigenvalue weighted by Crippen LogP contribution is -2.34. The number of hydrogen-bond acceptors (Lipinski definition) is 7. The second kappa shape index (κ2) is 8.89. The summed E-state index contributed by atoms with van der Waals surface area (Å²) in [5, 5.41) is 7.27. The first-order chi connectivity index (χ1) is 17.3. The number of allylic oxidation sites excluding steroid dienone is 2. The van der Waals surface area contributed by atoms with Crippen molar-refractivity contribution < 1.29 is 32.2 Å². The number of rotatable bonds is 5. The third kappa shape index (κ3) is 3.84. The molecule has 5 rings (SSSR count). The Bertz CT molecular complexity index is 1340. The molecule has 0 spiro atoms. The molecule has 0 bridgehead atoms. The van der Waals surface area contributed by atoms with Gasteiger partial charge in [-0.25, -0.2) is 4.68 Å². The largest absolute Gasteiger partial charge is 0.493 e. The average Bonchev–Trinajstić information content (AvgIpc) is 3.34. The van der Waals surface area contributed by atoms with Gasteiger partial charge in [-0.05, 0) is 41.7 Å². The van der Waals surface area contributed by atoms with E-state index in [1.807, 2.05) is 0 Å². The average molecular weight is 500 g/mol. The summed E-state index contributed by atoms with van der Waals surface area (Å²) in [6.45, 7) is 0. The van der Waals surface area contributed by atoms with E-state index in [0.29, 0.717) is 29.4 Å². The smallest absolute Gasteiger partial charge is 0.416 e. The Hall–Kier alpha value is -4.02. The number of nitrogens with one attached hydrogen (secondary N) is 1. The molecule has 36 heavy (non-hydrogen) atoms. The van der Waals surface area contributed by atoms with Crippen LogP contribution in [0.15, 0.2) is 54.0 Å². The Morgan fingerprint density at radius 1 is 1.03 bits per heavy atom. The molecule has 11 heteroatoms. The van der Waals surface area contributed by atoms with Crippen molar-refractivity contribution in [2.24, 2.45) is 0 Å². The number of benzene rings is 2. The van der Waals surface area contributed by atoms with Gasteiger partial charge in [0.25, 0.3) is 0 Å². The van der Waals surface area contributed by atoms with Crippen LogP contribution in [0.4, 0.5) is 19.1 Å². The Morgan fingerprint density at radius 3 is 2.36 bits per heavy atom. The Labute approximate surface area is 204 Å². The van der Waals surface area contributed by atoms with E-state index in [2.05, 4.69) is 15.4 Å². The highest BCUT2D eigenvalue weighted by molar-refractivity contribution is 6.00. The maximum absolute atomic E-state index is 13.9. The minimum Gasteiger partial charge on any atom is -0.493 e. The molecule has 0 saturated carbocycles. The maximum Gasteiger partial charge on any atom is 0.416 e. The SMILES string of the molecule is COc1cc([C@H]2CC(=O)C3=C(C2)Nc2ncnn2[C@H]3c2ccccc2C(F)(F)F)cc(OC)c1OC. The summed E-state index contributed by atoms with van der Waals surface area (Å²) in [5.41, 5.74) is 0.696. The number of alkyl halides is 3. The lowest BCUT2D eigenvalue weighted by molar-refractivity contribution is -0.138. The highest BCUT2D eigenvalue weighted by Crippen LogP contribution is 2.48. The number of Topliss-reactive ketones (excluding diaryl/α,β-unsaturated/α-hetero) is 1. The summed E-state index contributed by atoms with van der Waals surface area (Å²) < 4.78 is 59.4. The van der Waals surface area contributed by atoms with Crippen LogP contribution in [0.25, 0.3) is 0 Å². The molecule has 2 heterocycles. The summed E-state index contributed by atoms with van der Waals surface area (Å²) in [7, 11) is 4.51. The van der Waals surface area contributed by atoms with Crippen LogP contribution in [-0.2, 0) is 11.0 Å². The molecule has 0 radical (unpaired) electrons. The summed E-state index contributed by atoms with van der Waals surface area (Å²) in [4.78, 5) is 17.8. The first-order valence-electron chi connectivity index (χ1n) is 11.2. The number of methoxy groups -OCH3 is 3. The highest BCUT2D eigenvalue weighted by Gasteiger charge is 2.43. The minimum absolute atomic E-state index is 0.0506. The molecular weight excluding hydrogens is 477 g/mol. The van der Waals surface area contributed by atoms with Crippen molar-refractivity contribution in [1.82, 2.24) is 14.8 Å². The number of anilines is 1. The summed E-state index contributed by atoms with van der Waals surface area (Å²) in [6.07, 6.45) is -2.88. The molecule has 1 N–H and O–H groups in total. The second-order valence-electron chi connectivity index (χ2n) is 8.52. The van der Waals surface area contributed by atoms with E-state index in [-0.39, 0.29) is 35.2 Å². The fraction of sp³-hybridized carbons (Fsp3) is 0.320. The molecule has 2 aliphatic rings. The van der Waals surface area contributed by atoms with E-state index < -0.39 is 17.8 Å².